The van der Waals surface area contributed by atoms with Gasteiger partial charge in [-0.1, -0.05) is 22.6 Å². The summed E-state index contributed by atoms with van der Waals surface area (Å²) in [6.45, 7) is 0. The Bertz CT molecular complexity index is 705. The molecule has 134 valence electrons. The van der Waals surface area contributed by atoms with Gasteiger partial charge in [-0.3, -0.25) is 4.98 Å². The van der Waals surface area contributed by atoms with Crippen LogP contribution in [0.1, 0.15) is 0 Å². The summed E-state index contributed by atoms with van der Waals surface area (Å²) < 4.78 is 5.38. The smallest absolute Gasteiger partial charge is 0.408 e. The molecule has 0 saturated carbocycles. The molecule has 1 aromatic carbocycles. The quantitative estimate of drug-likeness (QED) is 0.382. The van der Waals surface area contributed by atoms with Gasteiger partial charge in [-0.2, -0.15) is 0 Å². The molecule has 0 saturated heterocycles. The SMILES string of the molecule is CI.CN(C)C(=O)Oc1cc(N(C)C)ccc1N=Nc1cccnc1. The number of aromatic nitrogens is 1. The van der Waals surface area contributed by atoms with E-state index in [-0.39, 0.29) is 0 Å². The number of halogens is 1. The highest BCUT2D eigenvalue weighted by Gasteiger charge is 2.12. The maximum atomic E-state index is 11.8. The molecule has 1 amide bonds. The number of carbonyl (C=O) groups excluding carboxylic acids is 1. The molecule has 0 aliphatic rings. The van der Waals surface area contributed by atoms with Crippen molar-refractivity contribution >= 4 is 45.7 Å². The fourth-order valence-corrected chi connectivity index (χ4v) is 1.66. The van der Waals surface area contributed by atoms with Gasteiger partial charge < -0.3 is 14.5 Å². The molecular weight excluding hydrogens is 433 g/mol. The van der Waals surface area contributed by atoms with Crippen LogP contribution in [-0.4, -0.2) is 49.1 Å². The van der Waals surface area contributed by atoms with Crippen LogP contribution < -0.4 is 9.64 Å². The van der Waals surface area contributed by atoms with Crippen LogP contribution in [-0.2, 0) is 0 Å². The summed E-state index contributed by atoms with van der Waals surface area (Å²) in [6, 6.07) is 8.95. The Morgan fingerprint density at radius 1 is 1.12 bits per heavy atom. The molecule has 0 N–H and O–H groups in total. The van der Waals surface area contributed by atoms with Crippen LogP contribution in [0.4, 0.5) is 21.9 Å². The number of ether oxygens (including phenoxy) is 1. The minimum atomic E-state index is -0.473. The van der Waals surface area contributed by atoms with E-state index in [0.717, 1.165) is 5.69 Å². The van der Waals surface area contributed by atoms with Crippen molar-refractivity contribution in [2.24, 2.45) is 10.2 Å². The highest BCUT2D eigenvalue weighted by molar-refractivity contribution is 14.1. The van der Waals surface area contributed by atoms with Crippen LogP contribution in [0.5, 0.6) is 5.75 Å². The maximum Gasteiger partial charge on any atom is 0.414 e. The van der Waals surface area contributed by atoms with E-state index in [9.17, 15) is 4.79 Å². The molecule has 2 rings (SSSR count). The summed E-state index contributed by atoms with van der Waals surface area (Å²) in [5.74, 6) is 0.350. The lowest BCUT2D eigenvalue weighted by Gasteiger charge is -2.16. The van der Waals surface area contributed by atoms with Crippen molar-refractivity contribution < 1.29 is 9.53 Å². The fraction of sp³-hybridized carbons (Fsp3) is 0.294. The van der Waals surface area contributed by atoms with Crippen LogP contribution in [0.3, 0.4) is 0 Å². The third kappa shape index (κ3) is 6.65. The van der Waals surface area contributed by atoms with Gasteiger partial charge in [0.2, 0.25) is 0 Å². The number of hydrogen-bond donors (Lipinski definition) is 0. The number of alkyl halides is 1. The highest BCUT2D eigenvalue weighted by Crippen LogP contribution is 2.33. The van der Waals surface area contributed by atoms with Gasteiger partial charge in [-0.05, 0) is 29.2 Å². The molecule has 1 heterocycles. The predicted octanol–water partition coefficient (Wildman–Crippen LogP) is 4.67. The van der Waals surface area contributed by atoms with Crippen molar-refractivity contribution in [3.63, 3.8) is 0 Å². The zero-order chi connectivity index (χ0) is 18.8. The molecule has 0 aliphatic carbocycles. The van der Waals surface area contributed by atoms with Gasteiger partial charge in [-0.25, -0.2) is 4.79 Å². The molecular formula is C17H22IN5O2. The maximum absolute atomic E-state index is 11.8. The molecule has 0 atom stereocenters. The number of anilines is 1. The summed E-state index contributed by atoms with van der Waals surface area (Å²) in [4.78, 5) is 21.0. The fourth-order valence-electron chi connectivity index (χ4n) is 1.66. The number of rotatable bonds is 4. The summed E-state index contributed by atoms with van der Waals surface area (Å²) in [5, 5.41) is 8.27. The van der Waals surface area contributed by atoms with Crippen molar-refractivity contribution in [1.29, 1.82) is 0 Å². The van der Waals surface area contributed by atoms with Crippen LogP contribution in [0, 0.1) is 0 Å². The van der Waals surface area contributed by atoms with Crippen LogP contribution in [0.15, 0.2) is 53.0 Å². The van der Waals surface area contributed by atoms with Crippen LogP contribution in [0.2, 0.25) is 0 Å². The van der Waals surface area contributed by atoms with Gasteiger partial charge in [0.15, 0.2) is 5.75 Å². The van der Waals surface area contributed by atoms with Gasteiger partial charge in [0.05, 0.1) is 6.20 Å². The molecule has 0 radical (unpaired) electrons. The third-order valence-electron chi connectivity index (χ3n) is 2.94. The topological polar surface area (TPSA) is 70.4 Å². The van der Waals surface area contributed by atoms with Crippen LogP contribution in [0.25, 0.3) is 0 Å². The number of nitrogens with zero attached hydrogens (tertiary/aromatic N) is 5. The molecule has 0 spiro atoms. The Hall–Kier alpha value is -2.23. The number of azo groups is 1. The average Bonchev–Trinajstić information content (AvgIpc) is 2.63. The minimum absolute atomic E-state index is 0.350. The Balaban J connectivity index is 0.00000151. The summed E-state index contributed by atoms with van der Waals surface area (Å²) in [7, 11) is 7.05. The monoisotopic (exact) mass is 455 g/mol. The first-order valence-electron chi connectivity index (χ1n) is 7.37. The average molecular weight is 455 g/mol. The van der Waals surface area contributed by atoms with E-state index in [0.29, 0.717) is 17.1 Å². The second kappa shape index (κ2) is 10.6. The lowest BCUT2D eigenvalue weighted by molar-refractivity contribution is 0.172. The van der Waals surface area contributed by atoms with Crippen molar-refractivity contribution in [3.8, 4) is 5.75 Å². The second-order valence-electron chi connectivity index (χ2n) is 5.22. The van der Waals surface area contributed by atoms with E-state index < -0.39 is 6.09 Å². The first-order valence-corrected chi connectivity index (χ1v) is 9.53. The van der Waals surface area contributed by atoms with Gasteiger partial charge in [-0.15, -0.1) is 10.2 Å². The standard InChI is InChI=1S/C16H19N5O2.CH3I/c1-20(2)13-7-8-14(15(10-13)23-16(22)21(3)4)19-18-12-6-5-9-17-11-12;1-2/h5-11H,1-4H3;1H3. The molecule has 2 aromatic rings. The Morgan fingerprint density at radius 3 is 2.40 bits per heavy atom. The second-order valence-corrected chi connectivity index (χ2v) is 5.22. The van der Waals surface area contributed by atoms with Gasteiger partial charge in [0.1, 0.15) is 11.4 Å². The Labute approximate surface area is 161 Å². The van der Waals surface area contributed by atoms with Crippen LogP contribution >= 0.6 is 22.6 Å². The number of carbonyl (C=O) groups is 1. The zero-order valence-electron chi connectivity index (χ0n) is 15.0. The largest absolute Gasteiger partial charge is 0.414 e. The molecule has 0 unspecified atom stereocenters. The minimum Gasteiger partial charge on any atom is -0.408 e. The van der Waals surface area contributed by atoms with Gasteiger partial charge >= 0.3 is 6.09 Å². The molecule has 0 aliphatic heterocycles. The van der Waals surface area contributed by atoms with E-state index in [2.05, 4.69) is 37.8 Å². The lowest BCUT2D eigenvalue weighted by atomic mass is 10.2. The highest BCUT2D eigenvalue weighted by atomic mass is 127. The molecule has 0 bridgehead atoms. The summed E-state index contributed by atoms with van der Waals surface area (Å²) in [5.41, 5.74) is 1.98. The summed E-state index contributed by atoms with van der Waals surface area (Å²) >= 11 is 2.15. The predicted molar refractivity (Wildman–Crippen MR) is 109 cm³/mol. The van der Waals surface area contributed by atoms with E-state index in [1.165, 1.54) is 4.90 Å². The van der Waals surface area contributed by atoms with E-state index in [1.54, 1.807) is 50.8 Å². The lowest BCUT2D eigenvalue weighted by Crippen LogP contribution is -2.25. The number of amides is 1. The number of hydrogen-bond acceptors (Lipinski definition) is 6. The molecule has 1 aromatic heterocycles. The first-order chi connectivity index (χ1) is 12.0. The summed E-state index contributed by atoms with van der Waals surface area (Å²) in [6.07, 6.45) is 2.79. The molecule has 0 fully saturated rings. The number of benzene rings is 1. The molecule has 8 heteroatoms. The Morgan fingerprint density at radius 2 is 1.84 bits per heavy atom. The molecule has 25 heavy (non-hydrogen) atoms. The van der Waals surface area contributed by atoms with E-state index in [1.807, 2.05) is 30.0 Å². The third-order valence-corrected chi connectivity index (χ3v) is 2.94. The van der Waals surface area contributed by atoms with Gasteiger partial charge in [0.25, 0.3) is 0 Å². The van der Waals surface area contributed by atoms with Gasteiger partial charge in [0, 0.05) is 46.1 Å². The number of pyridine rings is 1. The Kier molecular flexibility index (Phi) is 8.82. The van der Waals surface area contributed by atoms with Crippen molar-refractivity contribution in [2.75, 3.05) is 38.0 Å². The van der Waals surface area contributed by atoms with E-state index >= 15 is 0 Å². The molecule has 7 nitrogen and oxygen atoms in total. The normalized spacial score (nSPS) is 10.0. The van der Waals surface area contributed by atoms with Crippen molar-refractivity contribution in [1.82, 2.24) is 9.88 Å². The first kappa shape index (κ1) is 20.8. The van der Waals surface area contributed by atoms with Crippen molar-refractivity contribution in [3.05, 3.63) is 42.7 Å². The van der Waals surface area contributed by atoms with E-state index in [4.69, 9.17) is 4.74 Å². The van der Waals surface area contributed by atoms with Crippen molar-refractivity contribution in [2.45, 2.75) is 0 Å². The zero-order valence-corrected chi connectivity index (χ0v) is 17.1.